The van der Waals surface area contributed by atoms with Crippen LogP contribution in [0.1, 0.15) is 42.3 Å². The molecular weight excluding hydrogens is 268 g/mol. The van der Waals surface area contributed by atoms with E-state index in [1.54, 1.807) is 0 Å². The highest BCUT2D eigenvalue weighted by atomic mass is 32.1. The Morgan fingerprint density at radius 2 is 2.20 bits per heavy atom. The zero-order chi connectivity index (χ0) is 13.5. The first-order chi connectivity index (χ1) is 9.79. The maximum atomic E-state index is 5.27. The zero-order valence-corrected chi connectivity index (χ0v) is 12.6. The molecule has 0 saturated carbocycles. The van der Waals surface area contributed by atoms with Gasteiger partial charge in [-0.05, 0) is 43.0 Å². The van der Waals surface area contributed by atoms with E-state index in [4.69, 9.17) is 9.72 Å². The van der Waals surface area contributed by atoms with Gasteiger partial charge in [-0.15, -0.1) is 11.3 Å². The highest BCUT2D eigenvalue weighted by Gasteiger charge is 2.24. The van der Waals surface area contributed by atoms with Gasteiger partial charge in [-0.2, -0.15) is 0 Å². The number of fused-ring (bicyclic) bond motifs is 1. The average Bonchev–Trinajstić information content (AvgIpc) is 2.79. The molecule has 2 saturated heterocycles. The number of nitrogens with one attached hydrogen (secondary N) is 1. The van der Waals surface area contributed by atoms with E-state index in [2.05, 4.69) is 30.4 Å². The van der Waals surface area contributed by atoms with Crippen molar-refractivity contribution in [3.05, 3.63) is 28.8 Å². The van der Waals surface area contributed by atoms with Gasteiger partial charge >= 0.3 is 0 Å². The molecule has 0 amide bonds. The van der Waals surface area contributed by atoms with Crippen molar-refractivity contribution in [3.63, 3.8) is 0 Å². The minimum absolute atomic E-state index is 0.507. The van der Waals surface area contributed by atoms with Gasteiger partial charge in [-0.25, -0.2) is 4.98 Å². The predicted octanol–water partition coefficient (Wildman–Crippen LogP) is 3.47. The summed E-state index contributed by atoms with van der Waals surface area (Å²) in [6, 6.07) is 7.30. The van der Waals surface area contributed by atoms with E-state index in [9.17, 15) is 0 Å². The second-order valence-corrected chi connectivity index (χ2v) is 7.22. The van der Waals surface area contributed by atoms with Gasteiger partial charge in [0, 0.05) is 6.04 Å². The first kappa shape index (κ1) is 12.7. The molecule has 2 fully saturated rings. The lowest BCUT2D eigenvalue weighted by Gasteiger charge is -2.28. The molecule has 0 spiro atoms. The molecule has 0 bridgehead atoms. The van der Waals surface area contributed by atoms with E-state index in [-0.39, 0.29) is 0 Å². The van der Waals surface area contributed by atoms with Crippen LogP contribution in [0.25, 0.3) is 10.2 Å². The third-order valence-corrected chi connectivity index (χ3v) is 5.68. The molecule has 106 valence electrons. The number of rotatable bonds is 2. The molecule has 2 atom stereocenters. The molecule has 1 N–H and O–H groups in total. The van der Waals surface area contributed by atoms with Crippen molar-refractivity contribution >= 4 is 21.6 Å². The van der Waals surface area contributed by atoms with Gasteiger partial charge in [-0.3, -0.25) is 0 Å². The lowest BCUT2D eigenvalue weighted by atomic mass is 9.92. The summed E-state index contributed by atoms with van der Waals surface area (Å²) in [6.07, 6.45) is 2.55. The quantitative estimate of drug-likeness (QED) is 0.919. The fraction of sp³-hybridized carbons (Fsp3) is 0.562. The Balaban J connectivity index is 1.61. The van der Waals surface area contributed by atoms with Crippen LogP contribution < -0.4 is 5.32 Å². The Bertz CT molecular complexity index is 612. The monoisotopic (exact) mass is 288 g/mol. The Morgan fingerprint density at radius 3 is 2.90 bits per heavy atom. The Morgan fingerprint density at radius 1 is 1.30 bits per heavy atom. The molecule has 20 heavy (non-hydrogen) atoms. The lowest BCUT2D eigenvalue weighted by molar-refractivity contribution is 0.00842. The van der Waals surface area contributed by atoms with Crippen LogP contribution in [0.4, 0.5) is 0 Å². The molecule has 3 heterocycles. The second-order valence-electron chi connectivity index (χ2n) is 6.16. The van der Waals surface area contributed by atoms with Gasteiger partial charge in [0.2, 0.25) is 0 Å². The molecule has 0 aliphatic carbocycles. The van der Waals surface area contributed by atoms with Gasteiger partial charge in [0.25, 0.3) is 0 Å². The average molecular weight is 288 g/mol. The number of ether oxygens (including phenoxy) is 1. The van der Waals surface area contributed by atoms with Crippen molar-refractivity contribution in [2.24, 2.45) is 5.92 Å². The fourth-order valence-corrected chi connectivity index (χ4v) is 4.03. The van der Waals surface area contributed by atoms with Crippen LogP contribution in [0.5, 0.6) is 0 Å². The highest BCUT2D eigenvalue weighted by molar-refractivity contribution is 7.18. The Kier molecular flexibility index (Phi) is 3.25. The fourth-order valence-electron chi connectivity index (χ4n) is 3.02. The Hall–Kier alpha value is -0.970. The van der Waals surface area contributed by atoms with E-state index < -0.39 is 0 Å². The molecule has 4 rings (SSSR count). The van der Waals surface area contributed by atoms with Crippen LogP contribution in [-0.2, 0) is 4.74 Å². The second kappa shape index (κ2) is 5.10. The van der Waals surface area contributed by atoms with Crippen LogP contribution in [0, 0.1) is 5.92 Å². The molecule has 1 aromatic heterocycles. The van der Waals surface area contributed by atoms with Crippen molar-refractivity contribution in [2.75, 3.05) is 19.8 Å². The number of aromatic nitrogens is 1. The molecular formula is C16H20N2OS. The van der Waals surface area contributed by atoms with Crippen molar-refractivity contribution in [3.8, 4) is 0 Å². The highest BCUT2D eigenvalue weighted by Crippen LogP contribution is 2.34. The first-order valence-corrected chi connectivity index (χ1v) is 8.33. The van der Waals surface area contributed by atoms with Gasteiger partial charge in [-0.1, -0.05) is 13.0 Å². The Labute approximate surface area is 123 Å². The summed E-state index contributed by atoms with van der Waals surface area (Å²) in [5.74, 6) is 1.34. The van der Waals surface area contributed by atoms with Crippen LogP contribution in [0.15, 0.2) is 18.2 Å². The lowest BCUT2D eigenvalue weighted by Crippen LogP contribution is -2.31. The summed E-state index contributed by atoms with van der Waals surface area (Å²) in [5.41, 5.74) is 2.56. The van der Waals surface area contributed by atoms with Crippen LogP contribution in [0.2, 0.25) is 0 Å². The molecule has 2 aromatic rings. The topological polar surface area (TPSA) is 34.1 Å². The number of thiazole rings is 1. The molecule has 2 aliphatic heterocycles. The maximum absolute atomic E-state index is 5.27. The van der Waals surface area contributed by atoms with E-state index in [0.29, 0.717) is 12.0 Å². The predicted molar refractivity (Wildman–Crippen MR) is 82.3 cm³/mol. The van der Waals surface area contributed by atoms with Gasteiger partial charge in [0.1, 0.15) is 5.01 Å². The molecule has 0 radical (unpaired) electrons. The van der Waals surface area contributed by atoms with Crippen molar-refractivity contribution < 1.29 is 4.74 Å². The molecule has 0 unspecified atom stereocenters. The van der Waals surface area contributed by atoms with Crippen molar-refractivity contribution in [2.45, 2.75) is 31.7 Å². The summed E-state index contributed by atoms with van der Waals surface area (Å²) in [5, 5.41) is 4.90. The summed E-state index contributed by atoms with van der Waals surface area (Å²) in [7, 11) is 0. The molecule has 2 aliphatic rings. The van der Waals surface area contributed by atoms with E-state index >= 15 is 0 Å². The number of hydrogen-bond acceptors (Lipinski definition) is 4. The summed E-state index contributed by atoms with van der Waals surface area (Å²) in [4.78, 5) is 4.82. The van der Waals surface area contributed by atoms with Crippen LogP contribution >= 0.6 is 11.3 Å². The molecule has 4 heteroatoms. The SMILES string of the molecule is C[C@H]1CC[C@H](c2ccc3sc(C4COC4)nc3c2)NC1. The minimum Gasteiger partial charge on any atom is -0.380 e. The third kappa shape index (κ3) is 2.26. The van der Waals surface area contributed by atoms with Gasteiger partial charge in [0.15, 0.2) is 0 Å². The summed E-state index contributed by atoms with van der Waals surface area (Å²) < 4.78 is 6.58. The van der Waals surface area contributed by atoms with E-state index in [0.717, 1.165) is 31.2 Å². The standard InChI is InChI=1S/C16H20N2OS/c1-10-2-4-13(17-7-10)11-3-5-15-14(6-11)18-16(20-15)12-8-19-9-12/h3,5-6,10,12-13,17H,2,4,7-9H2,1H3/t10-,13+/m0/s1. The van der Waals surface area contributed by atoms with E-state index in [1.807, 2.05) is 11.3 Å². The molecule has 3 nitrogen and oxygen atoms in total. The number of benzene rings is 1. The third-order valence-electron chi connectivity index (χ3n) is 4.48. The number of piperidine rings is 1. The smallest absolute Gasteiger partial charge is 0.102 e. The van der Waals surface area contributed by atoms with Crippen molar-refractivity contribution in [1.29, 1.82) is 0 Å². The van der Waals surface area contributed by atoms with Crippen LogP contribution in [-0.4, -0.2) is 24.7 Å². The van der Waals surface area contributed by atoms with Crippen molar-refractivity contribution in [1.82, 2.24) is 10.3 Å². The minimum atomic E-state index is 0.507. The van der Waals surface area contributed by atoms with Gasteiger partial charge < -0.3 is 10.1 Å². The maximum Gasteiger partial charge on any atom is 0.102 e. The van der Waals surface area contributed by atoms with E-state index in [1.165, 1.54) is 28.1 Å². The number of nitrogens with zero attached hydrogens (tertiary/aromatic N) is 1. The van der Waals surface area contributed by atoms with Gasteiger partial charge in [0.05, 0.1) is 29.3 Å². The van der Waals surface area contributed by atoms with Crippen LogP contribution in [0.3, 0.4) is 0 Å². The normalized spacial score (nSPS) is 27.6. The largest absolute Gasteiger partial charge is 0.380 e. The molecule has 1 aromatic carbocycles. The zero-order valence-electron chi connectivity index (χ0n) is 11.8. The number of hydrogen-bond donors (Lipinski definition) is 1. The summed E-state index contributed by atoms with van der Waals surface area (Å²) in [6.45, 7) is 5.13. The summed E-state index contributed by atoms with van der Waals surface area (Å²) >= 11 is 1.83. The first-order valence-electron chi connectivity index (χ1n) is 7.51.